The summed E-state index contributed by atoms with van der Waals surface area (Å²) in [6, 6.07) is 0.115. The summed E-state index contributed by atoms with van der Waals surface area (Å²) in [4.78, 5) is 23.3. The highest BCUT2D eigenvalue weighted by atomic mass is 16.5. The van der Waals surface area contributed by atoms with Gasteiger partial charge in [-0.3, -0.25) is 4.79 Å². The highest BCUT2D eigenvalue weighted by Crippen LogP contribution is 2.37. The van der Waals surface area contributed by atoms with Gasteiger partial charge in [-0.15, -0.1) is 0 Å². The molecule has 1 aliphatic rings. The van der Waals surface area contributed by atoms with E-state index in [2.05, 4.69) is 5.32 Å². The molecule has 1 rings (SSSR count). The largest absolute Gasteiger partial charge is 0.478 e. The SMILES string of the molecule is CCOC(=O)[C@]1(C)CC[C@@H](N/C(=C(\C=N)C(=O)O)C(C)C)CC1. The van der Waals surface area contributed by atoms with Crippen molar-refractivity contribution in [3.63, 3.8) is 0 Å². The summed E-state index contributed by atoms with van der Waals surface area (Å²) < 4.78 is 5.15. The zero-order chi connectivity index (χ0) is 17.6. The Morgan fingerprint density at radius 1 is 1.39 bits per heavy atom. The first-order valence-corrected chi connectivity index (χ1v) is 8.16. The van der Waals surface area contributed by atoms with Crippen molar-refractivity contribution in [1.82, 2.24) is 5.32 Å². The number of hydrogen-bond donors (Lipinski definition) is 3. The lowest BCUT2D eigenvalue weighted by molar-refractivity contribution is -0.156. The number of esters is 1. The van der Waals surface area contributed by atoms with Crippen molar-refractivity contribution in [3.8, 4) is 0 Å². The molecule has 0 unspecified atom stereocenters. The third-order valence-electron chi connectivity index (χ3n) is 4.46. The topological polar surface area (TPSA) is 99.5 Å². The van der Waals surface area contributed by atoms with E-state index in [-0.39, 0.29) is 23.5 Å². The smallest absolute Gasteiger partial charge is 0.339 e. The monoisotopic (exact) mass is 324 g/mol. The Morgan fingerprint density at radius 2 is 1.96 bits per heavy atom. The van der Waals surface area contributed by atoms with Gasteiger partial charge in [0.1, 0.15) is 0 Å². The molecule has 0 radical (unpaired) electrons. The Morgan fingerprint density at radius 3 is 2.35 bits per heavy atom. The van der Waals surface area contributed by atoms with Gasteiger partial charge in [-0.2, -0.15) is 0 Å². The first-order valence-electron chi connectivity index (χ1n) is 8.16. The molecule has 0 aromatic heterocycles. The van der Waals surface area contributed by atoms with E-state index in [0.717, 1.165) is 19.1 Å². The molecule has 1 saturated carbocycles. The predicted octanol–water partition coefficient (Wildman–Crippen LogP) is 2.73. The van der Waals surface area contributed by atoms with Gasteiger partial charge in [0.25, 0.3) is 0 Å². The Balaban J connectivity index is 2.79. The normalized spacial score (nSPS) is 25.5. The van der Waals surface area contributed by atoms with Crippen LogP contribution < -0.4 is 5.32 Å². The highest BCUT2D eigenvalue weighted by molar-refractivity contribution is 6.08. The maximum absolute atomic E-state index is 12.0. The van der Waals surface area contributed by atoms with Gasteiger partial charge in [0.05, 0.1) is 17.6 Å². The van der Waals surface area contributed by atoms with Gasteiger partial charge < -0.3 is 20.6 Å². The van der Waals surface area contributed by atoms with Crippen LogP contribution in [-0.4, -0.2) is 35.9 Å². The molecule has 1 aliphatic carbocycles. The summed E-state index contributed by atoms with van der Waals surface area (Å²) in [5.41, 5.74) is 0.128. The number of nitrogens with one attached hydrogen (secondary N) is 2. The maximum atomic E-state index is 12.0. The average molecular weight is 324 g/mol. The summed E-state index contributed by atoms with van der Waals surface area (Å²) in [6.45, 7) is 7.93. The van der Waals surface area contributed by atoms with Crippen LogP contribution in [0.3, 0.4) is 0 Å². The van der Waals surface area contributed by atoms with Crippen molar-refractivity contribution < 1.29 is 19.4 Å². The number of aliphatic carboxylic acids is 1. The summed E-state index contributed by atoms with van der Waals surface area (Å²) in [5, 5.41) is 19.9. The van der Waals surface area contributed by atoms with Crippen LogP contribution in [0.4, 0.5) is 0 Å². The number of carboxylic acids is 1. The zero-order valence-electron chi connectivity index (χ0n) is 14.4. The van der Waals surface area contributed by atoms with Gasteiger partial charge in [-0.05, 0) is 45.4 Å². The molecule has 130 valence electrons. The minimum absolute atomic E-state index is 0.00118. The van der Waals surface area contributed by atoms with Crippen molar-refractivity contribution in [1.29, 1.82) is 5.41 Å². The fourth-order valence-corrected chi connectivity index (χ4v) is 2.94. The molecule has 0 aromatic rings. The first kappa shape index (κ1) is 19.2. The Kier molecular flexibility index (Phi) is 6.79. The van der Waals surface area contributed by atoms with E-state index in [1.54, 1.807) is 6.92 Å². The second-order valence-electron chi connectivity index (χ2n) is 6.63. The second kappa shape index (κ2) is 8.13. The van der Waals surface area contributed by atoms with Gasteiger partial charge >= 0.3 is 11.9 Å². The number of hydrogen-bond acceptors (Lipinski definition) is 5. The Labute approximate surface area is 137 Å². The highest BCUT2D eigenvalue weighted by Gasteiger charge is 2.39. The summed E-state index contributed by atoms with van der Waals surface area (Å²) in [5.74, 6) is -1.26. The van der Waals surface area contributed by atoms with Crippen LogP contribution in [0.15, 0.2) is 11.3 Å². The number of ether oxygens (including phenoxy) is 1. The van der Waals surface area contributed by atoms with Gasteiger partial charge in [-0.1, -0.05) is 13.8 Å². The minimum Gasteiger partial charge on any atom is -0.478 e. The Hall–Kier alpha value is -1.85. The lowest BCUT2D eigenvalue weighted by Gasteiger charge is -2.36. The van der Waals surface area contributed by atoms with Crippen LogP contribution in [-0.2, 0) is 14.3 Å². The van der Waals surface area contributed by atoms with Crippen LogP contribution in [0.25, 0.3) is 0 Å². The fraction of sp³-hybridized carbons (Fsp3) is 0.706. The molecule has 0 aliphatic heterocycles. The molecule has 0 spiro atoms. The molecular formula is C17H28N2O4. The molecule has 0 heterocycles. The molecule has 0 atom stereocenters. The average Bonchev–Trinajstić information content (AvgIpc) is 2.48. The second-order valence-corrected chi connectivity index (χ2v) is 6.63. The third kappa shape index (κ3) is 4.81. The van der Waals surface area contributed by atoms with Crippen molar-refractivity contribution in [2.24, 2.45) is 11.3 Å². The molecule has 6 heteroatoms. The predicted molar refractivity (Wildman–Crippen MR) is 88.4 cm³/mol. The van der Waals surface area contributed by atoms with Crippen LogP contribution >= 0.6 is 0 Å². The van der Waals surface area contributed by atoms with Crippen LogP contribution in [0.2, 0.25) is 0 Å². The number of rotatable bonds is 7. The van der Waals surface area contributed by atoms with Gasteiger partial charge in [-0.25, -0.2) is 4.79 Å². The van der Waals surface area contributed by atoms with Crippen LogP contribution in [0, 0.1) is 16.7 Å². The summed E-state index contributed by atoms with van der Waals surface area (Å²) >= 11 is 0. The maximum Gasteiger partial charge on any atom is 0.339 e. The standard InChI is InChI=1S/C17H28N2O4/c1-5-23-16(22)17(4)8-6-12(7-9-17)19-14(11(2)3)13(10-18)15(20)21/h10-12,18-19H,5-9H2,1-4H3,(H,20,21)/b14-13+,18-10?/t12-,17-. The molecule has 0 saturated heterocycles. The molecule has 6 nitrogen and oxygen atoms in total. The van der Waals surface area contributed by atoms with E-state index >= 15 is 0 Å². The van der Waals surface area contributed by atoms with Gasteiger partial charge in [0.2, 0.25) is 0 Å². The van der Waals surface area contributed by atoms with E-state index in [4.69, 9.17) is 10.1 Å². The third-order valence-corrected chi connectivity index (χ3v) is 4.46. The lowest BCUT2D eigenvalue weighted by Crippen LogP contribution is -2.41. The number of allylic oxidation sites excluding steroid dienone is 1. The van der Waals surface area contributed by atoms with E-state index in [1.807, 2.05) is 20.8 Å². The van der Waals surface area contributed by atoms with Crippen molar-refractivity contribution >= 4 is 18.2 Å². The van der Waals surface area contributed by atoms with E-state index < -0.39 is 11.4 Å². The Bertz CT molecular complexity index is 489. The van der Waals surface area contributed by atoms with Crippen molar-refractivity contribution in [3.05, 3.63) is 11.3 Å². The molecule has 1 fully saturated rings. The van der Waals surface area contributed by atoms with Crippen molar-refractivity contribution in [2.45, 2.75) is 59.4 Å². The van der Waals surface area contributed by atoms with E-state index in [1.165, 1.54) is 0 Å². The number of carbonyl (C=O) groups excluding carboxylic acids is 1. The van der Waals surface area contributed by atoms with E-state index in [0.29, 0.717) is 25.1 Å². The van der Waals surface area contributed by atoms with E-state index in [9.17, 15) is 14.7 Å². The minimum atomic E-state index is -1.09. The van der Waals surface area contributed by atoms with Crippen LogP contribution in [0.1, 0.15) is 53.4 Å². The van der Waals surface area contributed by atoms with Gasteiger partial charge in [0, 0.05) is 18.0 Å². The number of carboxylic acid groups (broad SMARTS) is 1. The molecule has 0 bridgehead atoms. The van der Waals surface area contributed by atoms with Gasteiger partial charge in [0.15, 0.2) is 0 Å². The van der Waals surface area contributed by atoms with Crippen molar-refractivity contribution in [2.75, 3.05) is 6.61 Å². The fourth-order valence-electron chi connectivity index (χ4n) is 2.94. The zero-order valence-corrected chi connectivity index (χ0v) is 14.4. The summed E-state index contributed by atoms with van der Waals surface area (Å²) in [6.07, 6.45) is 3.85. The van der Waals surface area contributed by atoms with Crippen LogP contribution in [0.5, 0.6) is 0 Å². The number of carbonyl (C=O) groups is 2. The molecule has 0 amide bonds. The first-order chi connectivity index (χ1) is 10.7. The molecule has 0 aromatic carbocycles. The molecule has 23 heavy (non-hydrogen) atoms. The lowest BCUT2D eigenvalue weighted by atomic mass is 9.74. The molecule has 3 N–H and O–H groups in total. The summed E-state index contributed by atoms with van der Waals surface area (Å²) in [7, 11) is 0. The molecular weight excluding hydrogens is 296 g/mol. The quantitative estimate of drug-likeness (QED) is 0.380.